The number of hydrogen-bond acceptors (Lipinski definition) is 3. The first-order valence-electron chi connectivity index (χ1n) is 7.62. The van der Waals surface area contributed by atoms with Gasteiger partial charge in [-0.3, -0.25) is 4.79 Å². The van der Waals surface area contributed by atoms with Crippen molar-refractivity contribution in [3.05, 3.63) is 65.4 Å². The van der Waals surface area contributed by atoms with Crippen molar-refractivity contribution in [3.63, 3.8) is 0 Å². The highest BCUT2D eigenvalue weighted by Gasteiger charge is 2.14. The topological polar surface area (TPSA) is 59.3 Å². The summed E-state index contributed by atoms with van der Waals surface area (Å²) in [4.78, 5) is 16.5. The molecule has 1 atom stereocenters. The van der Waals surface area contributed by atoms with E-state index in [4.69, 9.17) is 11.6 Å². The standard InChI is InChI=1S/C18H17ClN4O/c1-13(11-23-12-20-16-8-4-5-9-17(16)23)18(24)22-21-10-14-6-2-3-7-15(14)19/h2-10,12-13H,11H2,1H3,(H,22,24)/t13-/m0/s1. The smallest absolute Gasteiger partial charge is 0.244 e. The Morgan fingerprint density at radius 2 is 2.04 bits per heavy atom. The Kier molecular flexibility index (Phi) is 4.91. The number of halogens is 1. The van der Waals surface area contributed by atoms with Crippen LogP contribution in [0.5, 0.6) is 0 Å². The summed E-state index contributed by atoms with van der Waals surface area (Å²) in [5.41, 5.74) is 5.24. The molecule has 0 saturated heterocycles. The van der Waals surface area contributed by atoms with E-state index < -0.39 is 0 Å². The SMILES string of the molecule is C[C@@H](Cn1cnc2ccccc21)C(=O)NN=Cc1ccccc1Cl. The van der Waals surface area contributed by atoms with Crippen LogP contribution in [0.1, 0.15) is 12.5 Å². The van der Waals surface area contributed by atoms with Crippen molar-refractivity contribution in [2.24, 2.45) is 11.0 Å². The van der Waals surface area contributed by atoms with Crippen LogP contribution in [-0.2, 0) is 11.3 Å². The maximum atomic E-state index is 12.2. The quantitative estimate of drug-likeness (QED) is 0.571. The molecule has 6 heteroatoms. The average Bonchev–Trinajstić information content (AvgIpc) is 2.99. The van der Waals surface area contributed by atoms with Crippen molar-refractivity contribution in [1.29, 1.82) is 0 Å². The van der Waals surface area contributed by atoms with Gasteiger partial charge in [0.05, 0.1) is 29.5 Å². The fraction of sp³-hybridized carbons (Fsp3) is 0.167. The number of carbonyl (C=O) groups excluding carboxylic acids is 1. The molecule has 2 aromatic carbocycles. The highest BCUT2D eigenvalue weighted by molar-refractivity contribution is 6.33. The average molecular weight is 341 g/mol. The summed E-state index contributed by atoms with van der Waals surface area (Å²) in [6.07, 6.45) is 3.29. The third-order valence-corrected chi connectivity index (χ3v) is 4.07. The third kappa shape index (κ3) is 3.63. The summed E-state index contributed by atoms with van der Waals surface area (Å²) in [5, 5.41) is 4.57. The van der Waals surface area contributed by atoms with E-state index >= 15 is 0 Å². The molecule has 0 radical (unpaired) electrons. The van der Waals surface area contributed by atoms with Gasteiger partial charge in [-0.2, -0.15) is 5.10 Å². The Morgan fingerprint density at radius 3 is 2.88 bits per heavy atom. The zero-order chi connectivity index (χ0) is 16.9. The molecule has 1 N–H and O–H groups in total. The number of hydrogen-bond donors (Lipinski definition) is 1. The molecule has 122 valence electrons. The van der Waals surface area contributed by atoms with Crippen molar-refractivity contribution in [2.75, 3.05) is 0 Å². The highest BCUT2D eigenvalue weighted by Crippen LogP contribution is 2.14. The number of nitrogens with zero attached hydrogens (tertiary/aromatic N) is 3. The maximum absolute atomic E-state index is 12.2. The number of rotatable bonds is 5. The van der Waals surface area contributed by atoms with Crippen LogP contribution in [0, 0.1) is 5.92 Å². The number of amides is 1. The molecule has 0 aliphatic rings. The van der Waals surface area contributed by atoms with E-state index in [1.54, 1.807) is 18.6 Å². The van der Waals surface area contributed by atoms with Crippen molar-refractivity contribution in [2.45, 2.75) is 13.5 Å². The molecule has 1 amide bonds. The predicted octanol–water partition coefficient (Wildman–Crippen LogP) is 3.48. The lowest BCUT2D eigenvalue weighted by molar-refractivity contribution is -0.124. The lowest BCUT2D eigenvalue weighted by Crippen LogP contribution is -2.27. The largest absolute Gasteiger partial charge is 0.330 e. The number of benzene rings is 2. The van der Waals surface area contributed by atoms with Gasteiger partial charge >= 0.3 is 0 Å². The van der Waals surface area contributed by atoms with Gasteiger partial charge in [0.25, 0.3) is 0 Å². The monoisotopic (exact) mass is 340 g/mol. The molecule has 5 nitrogen and oxygen atoms in total. The van der Waals surface area contributed by atoms with Crippen LogP contribution in [0.3, 0.4) is 0 Å². The summed E-state index contributed by atoms with van der Waals surface area (Å²) < 4.78 is 1.97. The van der Waals surface area contributed by atoms with Crippen molar-refractivity contribution in [1.82, 2.24) is 15.0 Å². The summed E-state index contributed by atoms with van der Waals surface area (Å²) in [5.74, 6) is -0.401. The van der Waals surface area contributed by atoms with Crippen molar-refractivity contribution in [3.8, 4) is 0 Å². The van der Waals surface area contributed by atoms with Crippen LogP contribution in [0.15, 0.2) is 60.0 Å². The highest BCUT2D eigenvalue weighted by atomic mass is 35.5. The molecule has 0 aliphatic carbocycles. The van der Waals surface area contributed by atoms with E-state index in [1.165, 1.54) is 0 Å². The minimum absolute atomic E-state index is 0.156. The number of carbonyl (C=O) groups is 1. The number of para-hydroxylation sites is 2. The van der Waals surface area contributed by atoms with Crippen molar-refractivity contribution >= 4 is 34.8 Å². The van der Waals surface area contributed by atoms with Gasteiger partial charge in [0.15, 0.2) is 0 Å². The molecule has 0 spiro atoms. The molecule has 0 saturated carbocycles. The summed E-state index contributed by atoms with van der Waals surface area (Å²) in [6.45, 7) is 2.39. The third-order valence-electron chi connectivity index (χ3n) is 3.73. The summed E-state index contributed by atoms with van der Waals surface area (Å²) in [6, 6.07) is 15.2. The second-order valence-corrected chi connectivity index (χ2v) is 5.95. The Balaban J connectivity index is 1.62. The molecule has 0 fully saturated rings. The zero-order valence-electron chi connectivity index (χ0n) is 13.2. The molecular weight excluding hydrogens is 324 g/mol. The second-order valence-electron chi connectivity index (χ2n) is 5.54. The lowest BCUT2D eigenvalue weighted by Gasteiger charge is -2.11. The number of hydrazone groups is 1. The summed E-state index contributed by atoms with van der Waals surface area (Å²) in [7, 11) is 0. The first kappa shape index (κ1) is 16.2. The molecule has 0 bridgehead atoms. The fourth-order valence-electron chi connectivity index (χ4n) is 2.39. The molecule has 1 heterocycles. The van der Waals surface area contributed by atoms with Gasteiger partial charge in [0, 0.05) is 17.1 Å². The Labute approximate surface area is 145 Å². The zero-order valence-corrected chi connectivity index (χ0v) is 13.9. The molecule has 24 heavy (non-hydrogen) atoms. The maximum Gasteiger partial charge on any atom is 0.244 e. The van der Waals surface area contributed by atoms with E-state index in [1.807, 2.05) is 54.0 Å². The molecule has 0 unspecified atom stereocenters. The second kappa shape index (κ2) is 7.27. The van der Waals surface area contributed by atoms with Crippen LogP contribution in [0.25, 0.3) is 11.0 Å². The summed E-state index contributed by atoms with van der Waals surface area (Å²) >= 11 is 6.04. The number of aromatic nitrogens is 2. The molecule has 0 aliphatic heterocycles. The van der Waals surface area contributed by atoms with E-state index in [0.29, 0.717) is 11.6 Å². The van der Waals surface area contributed by atoms with Crippen molar-refractivity contribution < 1.29 is 4.79 Å². The van der Waals surface area contributed by atoms with Gasteiger partial charge in [-0.25, -0.2) is 10.4 Å². The van der Waals surface area contributed by atoms with Crippen LogP contribution in [0.2, 0.25) is 5.02 Å². The van der Waals surface area contributed by atoms with Gasteiger partial charge in [0.1, 0.15) is 0 Å². The van der Waals surface area contributed by atoms with Gasteiger partial charge in [-0.15, -0.1) is 0 Å². The normalized spacial score (nSPS) is 12.6. The predicted molar refractivity (Wildman–Crippen MR) is 96.1 cm³/mol. The van der Waals surface area contributed by atoms with E-state index in [0.717, 1.165) is 16.6 Å². The number of fused-ring (bicyclic) bond motifs is 1. The number of imidazole rings is 1. The van der Waals surface area contributed by atoms with Gasteiger partial charge in [0.2, 0.25) is 5.91 Å². The fourth-order valence-corrected chi connectivity index (χ4v) is 2.57. The van der Waals surface area contributed by atoms with E-state index in [9.17, 15) is 4.79 Å². The van der Waals surface area contributed by atoms with Crippen LogP contribution < -0.4 is 5.43 Å². The van der Waals surface area contributed by atoms with E-state index in [-0.39, 0.29) is 11.8 Å². The minimum atomic E-state index is -0.244. The molecule has 3 aromatic rings. The molecular formula is C18H17ClN4O. The van der Waals surface area contributed by atoms with Gasteiger partial charge in [-0.05, 0) is 18.2 Å². The molecule has 3 rings (SSSR count). The Hall–Kier alpha value is -2.66. The van der Waals surface area contributed by atoms with E-state index in [2.05, 4.69) is 15.5 Å². The first-order chi connectivity index (χ1) is 11.6. The first-order valence-corrected chi connectivity index (χ1v) is 8.00. The Morgan fingerprint density at radius 1 is 1.29 bits per heavy atom. The molecule has 1 aromatic heterocycles. The minimum Gasteiger partial charge on any atom is -0.330 e. The Bertz CT molecular complexity index is 887. The van der Waals surface area contributed by atoms with Crippen LogP contribution in [0.4, 0.5) is 0 Å². The lowest BCUT2D eigenvalue weighted by atomic mass is 10.1. The van der Waals surface area contributed by atoms with Gasteiger partial charge < -0.3 is 4.57 Å². The van der Waals surface area contributed by atoms with Crippen LogP contribution in [-0.4, -0.2) is 21.7 Å². The van der Waals surface area contributed by atoms with Gasteiger partial charge in [-0.1, -0.05) is 48.9 Å². The van der Waals surface area contributed by atoms with Crippen LogP contribution >= 0.6 is 11.6 Å². The number of nitrogens with one attached hydrogen (secondary N) is 1.